The molecular formula is C15H15ClFNO3. The minimum Gasteiger partial charge on any atom is -0.462 e. The summed E-state index contributed by atoms with van der Waals surface area (Å²) in [5, 5.41) is -0.0204. The number of ether oxygens (including phenoxy) is 1. The Bertz CT molecular complexity index is 783. The van der Waals surface area contributed by atoms with Gasteiger partial charge in [-0.05, 0) is 37.5 Å². The average Bonchev–Trinajstić information content (AvgIpc) is 2.46. The predicted octanol–water partition coefficient (Wildman–Crippen LogP) is 3.14. The highest BCUT2D eigenvalue weighted by atomic mass is 35.5. The Morgan fingerprint density at radius 2 is 2.10 bits per heavy atom. The van der Waals surface area contributed by atoms with Crippen molar-refractivity contribution in [1.29, 1.82) is 0 Å². The molecule has 0 N–H and O–H groups in total. The van der Waals surface area contributed by atoms with E-state index in [0.29, 0.717) is 17.5 Å². The van der Waals surface area contributed by atoms with Gasteiger partial charge in [-0.3, -0.25) is 9.20 Å². The number of fused-ring (bicyclic) bond motifs is 1. The van der Waals surface area contributed by atoms with Crippen molar-refractivity contribution in [3.8, 4) is 0 Å². The van der Waals surface area contributed by atoms with Gasteiger partial charge in [0, 0.05) is 6.20 Å². The zero-order valence-corrected chi connectivity index (χ0v) is 12.8. The molecule has 0 spiro atoms. The van der Waals surface area contributed by atoms with E-state index >= 15 is 0 Å². The van der Waals surface area contributed by atoms with Gasteiger partial charge in [-0.15, -0.1) is 0 Å². The summed E-state index contributed by atoms with van der Waals surface area (Å²) in [6.07, 6.45) is 1.58. The van der Waals surface area contributed by atoms with Gasteiger partial charge in [-0.1, -0.05) is 18.5 Å². The molecule has 21 heavy (non-hydrogen) atoms. The second-order valence-electron chi connectivity index (χ2n) is 4.60. The van der Waals surface area contributed by atoms with E-state index < -0.39 is 17.3 Å². The van der Waals surface area contributed by atoms with Gasteiger partial charge in [0.25, 0.3) is 5.56 Å². The Morgan fingerprint density at radius 1 is 1.43 bits per heavy atom. The smallest absolute Gasteiger partial charge is 0.343 e. The Labute approximate surface area is 126 Å². The van der Waals surface area contributed by atoms with E-state index in [9.17, 15) is 14.0 Å². The molecule has 112 valence electrons. The van der Waals surface area contributed by atoms with Crippen molar-refractivity contribution >= 4 is 23.1 Å². The van der Waals surface area contributed by atoms with Crippen molar-refractivity contribution in [2.24, 2.45) is 0 Å². The van der Waals surface area contributed by atoms with Gasteiger partial charge >= 0.3 is 5.97 Å². The minimum absolute atomic E-state index is 0.0204. The monoisotopic (exact) mass is 311 g/mol. The number of aryl methyl sites for hydroxylation is 2. The number of halogens is 2. The molecule has 0 radical (unpaired) electrons. The van der Waals surface area contributed by atoms with Crippen molar-refractivity contribution in [2.75, 3.05) is 6.61 Å². The molecule has 6 heteroatoms. The zero-order valence-electron chi connectivity index (χ0n) is 12.0. The van der Waals surface area contributed by atoms with Gasteiger partial charge in [0.05, 0.1) is 17.1 Å². The van der Waals surface area contributed by atoms with Crippen LogP contribution in [0.1, 0.15) is 35.3 Å². The molecule has 0 aliphatic heterocycles. The van der Waals surface area contributed by atoms with Gasteiger partial charge in [-0.25, -0.2) is 9.18 Å². The quantitative estimate of drug-likeness (QED) is 0.818. The highest BCUT2D eigenvalue weighted by Crippen LogP contribution is 2.25. The number of carbonyl (C=O) groups excluding carboxylic acids is 1. The molecule has 2 aromatic heterocycles. The molecule has 2 rings (SSSR count). The van der Waals surface area contributed by atoms with Gasteiger partial charge in [0.15, 0.2) is 5.82 Å². The second kappa shape index (κ2) is 5.85. The van der Waals surface area contributed by atoms with E-state index in [1.807, 2.05) is 6.92 Å². The maximum Gasteiger partial charge on any atom is 0.343 e. The standard InChI is InChI=1S/C15H15ClFNO3/c1-4-9-6-10(15(20)21-5-2)14(19)18-7-11(17)12(16)8(3)13(9)18/h6-7H,4-5H2,1-3H3. The molecule has 4 nitrogen and oxygen atoms in total. The van der Waals surface area contributed by atoms with Crippen LogP contribution in [0.3, 0.4) is 0 Å². The maximum atomic E-state index is 13.8. The molecule has 0 aliphatic carbocycles. The van der Waals surface area contributed by atoms with Crippen LogP contribution >= 0.6 is 11.6 Å². The van der Waals surface area contributed by atoms with Crippen LogP contribution in [-0.2, 0) is 11.2 Å². The molecule has 0 fully saturated rings. The third-order valence-corrected chi connectivity index (χ3v) is 3.79. The summed E-state index contributed by atoms with van der Waals surface area (Å²) < 4.78 is 19.8. The highest BCUT2D eigenvalue weighted by molar-refractivity contribution is 6.32. The molecule has 0 unspecified atom stereocenters. The summed E-state index contributed by atoms with van der Waals surface area (Å²) in [7, 11) is 0. The van der Waals surface area contributed by atoms with Crippen LogP contribution in [-0.4, -0.2) is 17.0 Å². The maximum absolute atomic E-state index is 13.8. The predicted molar refractivity (Wildman–Crippen MR) is 78.7 cm³/mol. The summed E-state index contributed by atoms with van der Waals surface area (Å²) in [5.74, 6) is -1.41. The molecule has 2 heterocycles. The Balaban J connectivity index is 2.90. The van der Waals surface area contributed by atoms with E-state index in [1.165, 1.54) is 6.07 Å². The molecular weight excluding hydrogens is 297 g/mol. The lowest BCUT2D eigenvalue weighted by Crippen LogP contribution is -2.25. The van der Waals surface area contributed by atoms with Crippen molar-refractivity contribution in [3.05, 3.63) is 50.1 Å². The molecule has 0 atom stereocenters. The molecule has 0 amide bonds. The summed E-state index contributed by atoms with van der Waals surface area (Å²) >= 11 is 5.91. The first kappa shape index (κ1) is 15.5. The van der Waals surface area contributed by atoms with Crippen molar-refractivity contribution in [3.63, 3.8) is 0 Å². The lowest BCUT2D eigenvalue weighted by atomic mass is 10.1. The lowest BCUT2D eigenvalue weighted by Gasteiger charge is -2.13. The van der Waals surface area contributed by atoms with Crippen LogP contribution in [0.2, 0.25) is 5.02 Å². The minimum atomic E-state index is -0.709. The van der Waals surface area contributed by atoms with E-state index in [1.54, 1.807) is 13.8 Å². The van der Waals surface area contributed by atoms with Crippen LogP contribution in [0, 0.1) is 12.7 Å². The zero-order chi connectivity index (χ0) is 15.7. The van der Waals surface area contributed by atoms with Crippen LogP contribution in [0.15, 0.2) is 17.1 Å². The fourth-order valence-corrected chi connectivity index (χ4v) is 2.45. The number of esters is 1. The van der Waals surface area contributed by atoms with Gasteiger partial charge in [0.1, 0.15) is 5.56 Å². The normalized spacial score (nSPS) is 10.9. The Hall–Kier alpha value is -1.88. The van der Waals surface area contributed by atoms with Crippen molar-refractivity contribution in [1.82, 2.24) is 4.40 Å². The number of rotatable bonds is 3. The number of nitrogens with zero attached hydrogens (tertiary/aromatic N) is 1. The van der Waals surface area contributed by atoms with Crippen molar-refractivity contribution in [2.45, 2.75) is 27.2 Å². The molecule has 0 saturated heterocycles. The Kier molecular flexibility index (Phi) is 4.32. The fourth-order valence-electron chi connectivity index (χ4n) is 2.31. The molecule has 2 aromatic rings. The first-order valence-corrected chi connectivity index (χ1v) is 7.00. The number of carbonyl (C=O) groups is 1. The van der Waals surface area contributed by atoms with Gasteiger partial charge < -0.3 is 4.74 Å². The summed E-state index contributed by atoms with van der Waals surface area (Å²) in [6.45, 7) is 5.34. The fraction of sp³-hybridized carbons (Fsp3) is 0.333. The van der Waals surface area contributed by atoms with Crippen LogP contribution < -0.4 is 5.56 Å². The van der Waals surface area contributed by atoms with Gasteiger partial charge in [0.2, 0.25) is 0 Å². The van der Waals surface area contributed by atoms with E-state index in [-0.39, 0.29) is 17.2 Å². The summed E-state index contributed by atoms with van der Waals surface area (Å²) in [5.41, 5.74) is 1.02. The summed E-state index contributed by atoms with van der Waals surface area (Å²) in [6, 6.07) is 1.50. The highest BCUT2D eigenvalue weighted by Gasteiger charge is 2.19. The van der Waals surface area contributed by atoms with E-state index in [4.69, 9.17) is 16.3 Å². The van der Waals surface area contributed by atoms with Crippen LogP contribution in [0.5, 0.6) is 0 Å². The van der Waals surface area contributed by atoms with E-state index in [0.717, 1.165) is 16.2 Å². The SMILES string of the molecule is CCOC(=O)c1cc(CC)c2c(C)c(Cl)c(F)cn2c1=O. The average molecular weight is 312 g/mol. The summed E-state index contributed by atoms with van der Waals surface area (Å²) in [4.78, 5) is 24.2. The lowest BCUT2D eigenvalue weighted by molar-refractivity contribution is 0.0524. The number of hydrogen-bond donors (Lipinski definition) is 0. The molecule has 0 aromatic carbocycles. The molecule has 0 saturated carbocycles. The second-order valence-corrected chi connectivity index (χ2v) is 4.98. The number of hydrogen-bond acceptors (Lipinski definition) is 3. The van der Waals surface area contributed by atoms with Crippen LogP contribution in [0.4, 0.5) is 4.39 Å². The van der Waals surface area contributed by atoms with E-state index in [2.05, 4.69) is 0 Å². The number of aromatic nitrogens is 1. The number of pyridine rings is 2. The van der Waals surface area contributed by atoms with Crippen LogP contribution in [0.25, 0.3) is 5.52 Å². The molecule has 0 aliphatic rings. The van der Waals surface area contributed by atoms with Crippen molar-refractivity contribution < 1.29 is 13.9 Å². The first-order chi connectivity index (χ1) is 9.92. The molecule has 0 bridgehead atoms. The third kappa shape index (κ3) is 2.53. The first-order valence-electron chi connectivity index (χ1n) is 6.62. The third-order valence-electron chi connectivity index (χ3n) is 3.33. The Morgan fingerprint density at radius 3 is 2.67 bits per heavy atom. The largest absolute Gasteiger partial charge is 0.462 e. The topological polar surface area (TPSA) is 47.8 Å². The van der Waals surface area contributed by atoms with Gasteiger partial charge in [-0.2, -0.15) is 0 Å².